The first kappa shape index (κ1) is 26.7. The highest BCUT2D eigenvalue weighted by Crippen LogP contribution is 2.28. The molecule has 0 fully saturated rings. The molecule has 0 unspecified atom stereocenters. The van der Waals surface area contributed by atoms with E-state index in [0.29, 0.717) is 37.9 Å². The summed E-state index contributed by atoms with van der Waals surface area (Å²) >= 11 is 0. The van der Waals surface area contributed by atoms with Gasteiger partial charge < -0.3 is 34.7 Å². The number of aliphatic hydroxyl groups is 1. The van der Waals surface area contributed by atoms with E-state index in [1.165, 1.54) is 0 Å². The van der Waals surface area contributed by atoms with Gasteiger partial charge in [-0.2, -0.15) is 0 Å². The summed E-state index contributed by atoms with van der Waals surface area (Å²) in [5.74, 6) is 1.99. The third-order valence-electron chi connectivity index (χ3n) is 3.53. The van der Waals surface area contributed by atoms with Gasteiger partial charge in [0, 0.05) is 26.8 Å². The molecule has 162 valence electrons. The number of benzene rings is 1. The van der Waals surface area contributed by atoms with E-state index >= 15 is 0 Å². The minimum Gasteiger partial charge on any atom is -0.493 e. The van der Waals surface area contributed by atoms with Gasteiger partial charge in [-0.05, 0) is 31.0 Å². The molecule has 0 amide bonds. The first-order valence-corrected chi connectivity index (χ1v) is 9.24. The summed E-state index contributed by atoms with van der Waals surface area (Å²) in [5.41, 5.74) is 1.00. The number of aliphatic imine (C=N–C) groups is 1. The van der Waals surface area contributed by atoms with Crippen molar-refractivity contribution in [3.05, 3.63) is 23.8 Å². The minimum atomic E-state index is -0.0374. The SMILES string of the molecule is CCNC(=NCc1ccc(OCCO)c(OC)c1)NCCCOCCOC.I. The monoisotopic (exact) mass is 511 g/mol. The number of hydrogen-bond acceptors (Lipinski definition) is 6. The van der Waals surface area contributed by atoms with Crippen LogP contribution in [0.2, 0.25) is 0 Å². The second-order valence-corrected chi connectivity index (χ2v) is 5.64. The molecule has 0 aromatic heterocycles. The number of ether oxygens (including phenoxy) is 4. The van der Waals surface area contributed by atoms with E-state index in [2.05, 4.69) is 15.6 Å². The normalized spacial score (nSPS) is 10.9. The second kappa shape index (κ2) is 17.8. The molecule has 28 heavy (non-hydrogen) atoms. The fraction of sp³-hybridized carbons (Fsp3) is 0.632. The third kappa shape index (κ3) is 11.5. The van der Waals surface area contributed by atoms with Crippen LogP contribution >= 0.6 is 24.0 Å². The van der Waals surface area contributed by atoms with E-state index in [0.717, 1.165) is 31.0 Å². The zero-order valence-electron chi connectivity index (χ0n) is 17.0. The first-order valence-electron chi connectivity index (χ1n) is 9.24. The summed E-state index contributed by atoms with van der Waals surface area (Å²) in [6, 6.07) is 5.66. The van der Waals surface area contributed by atoms with Crippen molar-refractivity contribution in [2.75, 3.05) is 60.3 Å². The lowest BCUT2D eigenvalue weighted by molar-refractivity contribution is 0.0698. The lowest BCUT2D eigenvalue weighted by atomic mass is 10.2. The Morgan fingerprint density at radius 1 is 1.07 bits per heavy atom. The van der Waals surface area contributed by atoms with Gasteiger partial charge in [-0.15, -0.1) is 24.0 Å². The highest BCUT2D eigenvalue weighted by molar-refractivity contribution is 14.0. The number of rotatable bonds is 14. The van der Waals surface area contributed by atoms with Gasteiger partial charge in [0.15, 0.2) is 17.5 Å². The Bertz CT molecular complexity index is 546. The largest absolute Gasteiger partial charge is 0.493 e. The van der Waals surface area contributed by atoms with Gasteiger partial charge in [-0.3, -0.25) is 0 Å². The number of guanidine groups is 1. The molecule has 1 aromatic carbocycles. The van der Waals surface area contributed by atoms with Crippen LogP contribution in [0.25, 0.3) is 0 Å². The summed E-state index contributed by atoms with van der Waals surface area (Å²) in [6.45, 7) is 6.21. The Kier molecular flexibility index (Phi) is 16.9. The molecule has 0 aliphatic rings. The minimum absolute atomic E-state index is 0. The van der Waals surface area contributed by atoms with Crippen LogP contribution in [-0.2, 0) is 16.0 Å². The van der Waals surface area contributed by atoms with E-state index in [1.807, 2.05) is 25.1 Å². The van der Waals surface area contributed by atoms with Crippen LogP contribution in [0.3, 0.4) is 0 Å². The molecular formula is C19H34IN3O5. The molecule has 0 radical (unpaired) electrons. The summed E-state index contributed by atoms with van der Waals surface area (Å²) in [4.78, 5) is 4.60. The lowest BCUT2D eigenvalue weighted by Crippen LogP contribution is -2.38. The molecule has 0 saturated heterocycles. The van der Waals surface area contributed by atoms with Gasteiger partial charge in [0.25, 0.3) is 0 Å². The summed E-state index contributed by atoms with van der Waals surface area (Å²) in [5, 5.41) is 15.4. The van der Waals surface area contributed by atoms with E-state index in [-0.39, 0.29) is 37.2 Å². The number of nitrogens with one attached hydrogen (secondary N) is 2. The molecule has 0 aliphatic carbocycles. The van der Waals surface area contributed by atoms with Crippen molar-refractivity contribution in [2.45, 2.75) is 19.9 Å². The van der Waals surface area contributed by atoms with Crippen LogP contribution in [0.1, 0.15) is 18.9 Å². The van der Waals surface area contributed by atoms with Crippen molar-refractivity contribution >= 4 is 29.9 Å². The summed E-state index contributed by atoms with van der Waals surface area (Å²) < 4.78 is 21.2. The molecule has 0 atom stereocenters. The van der Waals surface area contributed by atoms with Gasteiger partial charge in [0.05, 0.1) is 33.5 Å². The standard InChI is InChI=1S/C19H33N3O5.HI/c1-4-20-19(21-8-5-10-26-13-12-24-2)22-15-16-6-7-17(27-11-9-23)18(14-16)25-3;/h6-7,14,23H,4-5,8-13,15H2,1-3H3,(H2,20,21,22);1H. The number of hydrogen-bond donors (Lipinski definition) is 3. The van der Waals surface area contributed by atoms with Crippen LogP contribution in [0.5, 0.6) is 11.5 Å². The molecule has 0 saturated carbocycles. The molecule has 0 spiro atoms. The van der Waals surface area contributed by atoms with E-state index < -0.39 is 0 Å². The molecule has 0 aliphatic heterocycles. The van der Waals surface area contributed by atoms with Gasteiger partial charge in [0.1, 0.15) is 6.61 Å². The number of halogens is 1. The molecule has 1 rings (SSSR count). The Balaban J connectivity index is 0.00000729. The predicted octanol–water partition coefficient (Wildman–Crippen LogP) is 1.79. The van der Waals surface area contributed by atoms with Crippen LogP contribution in [0.4, 0.5) is 0 Å². The highest BCUT2D eigenvalue weighted by atomic mass is 127. The maximum Gasteiger partial charge on any atom is 0.191 e. The molecule has 0 bridgehead atoms. The van der Waals surface area contributed by atoms with Gasteiger partial charge in [0.2, 0.25) is 0 Å². The van der Waals surface area contributed by atoms with Crippen molar-refractivity contribution in [3.8, 4) is 11.5 Å². The van der Waals surface area contributed by atoms with Gasteiger partial charge in [-0.25, -0.2) is 4.99 Å². The van der Waals surface area contributed by atoms with Crippen molar-refractivity contribution < 1.29 is 24.1 Å². The maximum absolute atomic E-state index is 8.87. The van der Waals surface area contributed by atoms with E-state index in [1.54, 1.807) is 14.2 Å². The lowest BCUT2D eigenvalue weighted by Gasteiger charge is -2.13. The van der Waals surface area contributed by atoms with Gasteiger partial charge >= 0.3 is 0 Å². The predicted molar refractivity (Wildman–Crippen MR) is 121 cm³/mol. The first-order chi connectivity index (χ1) is 13.2. The number of nitrogens with zero attached hydrogens (tertiary/aromatic N) is 1. The number of methoxy groups -OCH3 is 2. The fourth-order valence-electron chi connectivity index (χ4n) is 2.22. The number of aliphatic hydroxyl groups excluding tert-OH is 1. The van der Waals surface area contributed by atoms with Gasteiger partial charge in [-0.1, -0.05) is 6.07 Å². The van der Waals surface area contributed by atoms with Crippen molar-refractivity contribution in [1.29, 1.82) is 0 Å². The summed E-state index contributed by atoms with van der Waals surface area (Å²) in [6.07, 6.45) is 0.888. The zero-order chi connectivity index (χ0) is 19.7. The second-order valence-electron chi connectivity index (χ2n) is 5.64. The van der Waals surface area contributed by atoms with Crippen molar-refractivity contribution in [1.82, 2.24) is 10.6 Å². The molecule has 0 heterocycles. The Morgan fingerprint density at radius 2 is 1.89 bits per heavy atom. The average molecular weight is 511 g/mol. The molecule has 1 aromatic rings. The Hall–Kier alpha value is -1.30. The zero-order valence-corrected chi connectivity index (χ0v) is 19.4. The molecular weight excluding hydrogens is 477 g/mol. The maximum atomic E-state index is 8.87. The van der Waals surface area contributed by atoms with Crippen LogP contribution in [0, 0.1) is 0 Å². The fourth-order valence-corrected chi connectivity index (χ4v) is 2.22. The summed E-state index contributed by atoms with van der Waals surface area (Å²) in [7, 11) is 3.25. The molecule has 8 nitrogen and oxygen atoms in total. The molecule has 9 heteroatoms. The van der Waals surface area contributed by atoms with Crippen LogP contribution in [0.15, 0.2) is 23.2 Å². The third-order valence-corrected chi connectivity index (χ3v) is 3.53. The van der Waals surface area contributed by atoms with E-state index in [4.69, 9.17) is 24.1 Å². The smallest absolute Gasteiger partial charge is 0.191 e. The van der Waals surface area contributed by atoms with Crippen molar-refractivity contribution in [2.24, 2.45) is 4.99 Å². The highest BCUT2D eigenvalue weighted by Gasteiger charge is 2.06. The molecule has 3 N–H and O–H groups in total. The van der Waals surface area contributed by atoms with Crippen LogP contribution < -0.4 is 20.1 Å². The Morgan fingerprint density at radius 3 is 2.57 bits per heavy atom. The quantitative estimate of drug-likeness (QED) is 0.152. The topological polar surface area (TPSA) is 93.6 Å². The van der Waals surface area contributed by atoms with E-state index in [9.17, 15) is 0 Å². The van der Waals surface area contributed by atoms with Crippen molar-refractivity contribution in [3.63, 3.8) is 0 Å². The average Bonchev–Trinajstić information content (AvgIpc) is 2.69. The van der Waals surface area contributed by atoms with Crippen LogP contribution in [-0.4, -0.2) is 71.4 Å². The Labute approximate surface area is 185 Å².